The highest BCUT2D eigenvalue weighted by Crippen LogP contribution is 2.26. The van der Waals surface area contributed by atoms with Crippen molar-refractivity contribution < 1.29 is 0 Å². The maximum Gasteiger partial charge on any atom is 0.160 e. The van der Waals surface area contributed by atoms with Gasteiger partial charge in [0.05, 0.1) is 14.1 Å². The molecule has 0 amide bonds. The molecule has 1 aromatic rings. The van der Waals surface area contributed by atoms with Gasteiger partial charge in [0.25, 0.3) is 0 Å². The Bertz CT molecular complexity index is 453. The van der Waals surface area contributed by atoms with Gasteiger partial charge in [-0.05, 0) is 5.19 Å². The number of aromatic nitrogens is 1. The zero-order chi connectivity index (χ0) is 12.5. The average Bonchev–Trinajstić information content (AvgIpc) is 2.72. The lowest BCUT2D eigenvalue weighted by Gasteiger charge is -2.27. The standard InChI is InChI=1S/C15H22NSi/c1-5-17(6-2,7-3)15-12-16(4)14-11-9-8-10-13(14)15/h8,10-12H,5-7H2,1-4H3/q+1. The second-order valence-corrected chi connectivity index (χ2v) is 10.2. The van der Waals surface area contributed by atoms with Gasteiger partial charge in [0.2, 0.25) is 0 Å². The highest BCUT2D eigenvalue weighted by molar-refractivity contribution is 6.92. The summed E-state index contributed by atoms with van der Waals surface area (Å²) in [5.74, 6) is 0. The topological polar surface area (TPSA) is 4.93 Å². The Hall–Kier alpha value is -1.11. The number of nitrogens with zero attached hydrogens (tertiary/aromatic N) is 1. The summed E-state index contributed by atoms with van der Waals surface area (Å²) in [7, 11) is 0.881. The van der Waals surface area contributed by atoms with Crippen molar-refractivity contribution in [3.8, 4) is 0 Å². The van der Waals surface area contributed by atoms with E-state index in [1.54, 1.807) is 5.19 Å². The SMILES string of the molecule is CC[Si](CC)(CC)c1cn(C)c2c1C=C[C+]=C2. The first-order chi connectivity index (χ1) is 8.18. The number of hydrogen-bond donors (Lipinski definition) is 0. The third-order valence-electron chi connectivity index (χ3n) is 4.44. The van der Waals surface area contributed by atoms with Crippen molar-refractivity contribution in [3.63, 3.8) is 0 Å². The van der Waals surface area contributed by atoms with Gasteiger partial charge in [0.15, 0.2) is 5.69 Å². The van der Waals surface area contributed by atoms with Gasteiger partial charge in [-0.15, -0.1) is 0 Å². The van der Waals surface area contributed by atoms with E-state index in [0.717, 1.165) is 0 Å². The first-order valence-electron chi connectivity index (χ1n) is 6.64. The second-order valence-electron chi connectivity index (χ2n) is 4.94. The van der Waals surface area contributed by atoms with Crippen molar-refractivity contribution in [2.24, 2.45) is 7.05 Å². The number of rotatable bonds is 4. The first kappa shape index (κ1) is 12.3. The van der Waals surface area contributed by atoms with E-state index in [1.807, 2.05) is 6.08 Å². The van der Waals surface area contributed by atoms with Crippen LogP contribution in [-0.4, -0.2) is 12.6 Å². The first-order valence-corrected chi connectivity index (χ1v) is 9.26. The molecule has 0 unspecified atom stereocenters. The molecule has 1 heterocycles. The Labute approximate surface area is 106 Å². The molecule has 2 rings (SSSR count). The van der Waals surface area contributed by atoms with Crippen molar-refractivity contribution in [2.75, 3.05) is 0 Å². The summed E-state index contributed by atoms with van der Waals surface area (Å²) in [5, 5.41) is 1.65. The molecule has 0 saturated heterocycles. The monoisotopic (exact) mass is 244 g/mol. The smallest absolute Gasteiger partial charge is 0.160 e. The molecule has 0 saturated carbocycles. The summed E-state index contributed by atoms with van der Waals surface area (Å²) in [6.07, 6.45) is 12.0. The minimum atomic E-state index is -1.27. The minimum Gasteiger partial charge on any atom is -0.299 e. The molecule has 0 spiro atoms. The lowest BCUT2D eigenvalue weighted by Crippen LogP contribution is -2.46. The van der Waals surface area contributed by atoms with Crippen molar-refractivity contribution in [2.45, 2.75) is 38.9 Å². The van der Waals surface area contributed by atoms with Crippen LogP contribution < -0.4 is 5.19 Å². The molecule has 0 fully saturated rings. The van der Waals surface area contributed by atoms with Crippen molar-refractivity contribution in [3.05, 3.63) is 29.6 Å². The van der Waals surface area contributed by atoms with Crippen LogP contribution in [0.5, 0.6) is 0 Å². The summed E-state index contributed by atoms with van der Waals surface area (Å²) in [6, 6.07) is 4.03. The molecule has 0 N–H and O–H groups in total. The van der Waals surface area contributed by atoms with Crippen LogP contribution in [0.4, 0.5) is 0 Å². The van der Waals surface area contributed by atoms with Crippen molar-refractivity contribution in [1.82, 2.24) is 4.57 Å². The summed E-state index contributed by atoms with van der Waals surface area (Å²) in [4.78, 5) is 0. The minimum absolute atomic E-state index is 1.27. The molecule has 0 bridgehead atoms. The Balaban J connectivity index is 2.60. The largest absolute Gasteiger partial charge is 0.299 e. The zero-order valence-electron chi connectivity index (χ0n) is 11.4. The van der Waals surface area contributed by atoms with Gasteiger partial charge in [0, 0.05) is 19.3 Å². The highest BCUT2D eigenvalue weighted by atomic mass is 28.3. The predicted octanol–water partition coefficient (Wildman–Crippen LogP) is 3.58. The van der Waals surface area contributed by atoms with Crippen molar-refractivity contribution in [1.29, 1.82) is 0 Å². The predicted molar refractivity (Wildman–Crippen MR) is 79.0 cm³/mol. The number of aryl methyl sites for hydroxylation is 1. The van der Waals surface area contributed by atoms with Crippen LogP contribution in [0.2, 0.25) is 18.1 Å². The maximum absolute atomic E-state index is 3.19. The number of hydrogen-bond acceptors (Lipinski definition) is 0. The molecule has 0 aromatic carbocycles. The second kappa shape index (κ2) is 4.64. The molecule has 2 heteroatoms. The summed E-state index contributed by atoms with van der Waals surface area (Å²) in [6.45, 7) is 7.10. The molecule has 1 aromatic heterocycles. The lowest BCUT2D eigenvalue weighted by atomic mass is 10.1. The van der Waals surface area contributed by atoms with Crippen molar-refractivity contribution >= 4 is 25.4 Å². The summed E-state index contributed by atoms with van der Waals surface area (Å²) in [5.41, 5.74) is 2.79. The fourth-order valence-corrected chi connectivity index (χ4v) is 6.91. The summed E-state index contributed by atoms with van der Waals surface area (Å²) >= 11 is 0. The van der Waals surface area contributed by atoms with E-state index >= 15 is 0 Å². The fraction of sp³-hybridized carbons (Fsp3) is 0.467. The molecule has 90 valence electrons. The van der Waals surface area contributed by atoms with Crippen LogP contribution in [0.15, 0.2) is 12.3 Å². The Morgan fingerprint density at radius 3 is 2.41 bits per heavy atom. The van der Waals surface area contributed by atoms with Crippen LogP contribution in [0.1, 0.15) is 32.0 Å². The average molecular weight is 244 g/mol. The zero-order valence-corrected chi connectivity index (χ0v) is 12.4. The van der Waals surface area contributed by atoms with Crippen LogP contribution in [0, 0.1) is 6.08 Å². The third-order valence-corrected chi connectivity index (χ3v) is 10.0. The lowest BCUT2D eigenvalue weighted by molar-refractivity contribution is 0.914. The van der Waals surface area contributed by atoms with E-state index in [1.165, 1.54) is 29.4 Å². The highest BCUT2D eigenvalue weighted by Gasteiger charge is 2.35. The van der Waals surface area contributed by atoms with Crippen LogP contribution in [0.25, 0.3) is 12.2 Å². The normalized spacial score (nSPS) is 13.6. The fourth-order valence-electron chi connectivity index (χ4n) is 3.02. The Kier molecular flexibility index (Phi) is 3.37. The van der Waals surface area contributed by atoms with Crippen LogP contribution >= 0.6 is 0 Å². The maximum atomic E-state index is 3.19. The molecule has 0 aliphatic heterocycles. The molecule has 17 heavy (non-hydrogen) atoms. The Morgan fingerprint density at radius 1 is 1.18 bits per heavy atom. The van der Waals surface area contributed by atoms with E-state index < -0.39 is 8.07 Å². The third kappa shape index (κ3) is 1.82. The van der Waals surface area contributed by atoms with Gasteiger partial charge in [-0.2, -0.15) is 0 Å². The molecule has 1 aliphatic carbocycles. The Morgan fingerprint density at radius 2 is 1.82 bits per heavy atom. The van der Waals surface area contributed by atoms with E-state index in [4.69, 9.17) is 0 Å². The molecular formula is C15H22NSi+. The van der Waals surface area contributed by atoms with E-state index in [9.17, 15) is 0 Å². The van der Waals surface area contributed by atoms with E-state index in [0.29, 0.717) is 0 Å². The van der Waals surface area contributed by atoms with Gasteiger partial charge in [-0.3, -0.25) is 4.57 Å². The van der Waals surface area contributed by atoms with Crippen LogP contribution in [0.3, 0.4) is 0 Å². The van der Waals surface area contributed by atoms with E-state index in [-0.39, 0.29) is 0 Å². The van der Waals surface area contributed by atoms with Gasteiger partial charge >= 0.3 is 0 Å². The number of fused-ring (bicyclic) bond motifs is 1. The van der Waals surface area contributed by atoms with Crippen LogP contribution in [-0.2, 0) is 7.05 Å². The molecule has 0 radical (unpaired) electrons. The van der Waals surface area contributed by atoms with Gasteiger partial charge in [-0.25, -0.2) is 0 Å². The molecular weight excluding hydrogens is 222 g/mol. The van der Waals surface area contributed by atoms with Gasteiger partial charge in [-0.1, -0.05) is 38.9 Å². The molecule has 0 atom stereocenters. The van der Waals surface area contributed by atoms with Gasteiger partial charge in [0.1, 0.15) is 17.7 Å². The van der Waals surface area contributed by atoms with Gasteiger partial charge < -0.3 is 0 Å². The number of allylic oxidation sites excluding steroid dienone is 2. The van der Waals surface area contributed by atoms with E-state index in [2.05, 4.69) is 56.8 Å². The quantitative estimate of drug-likeness (QED) is 0.563. The molecule has 1 aliphatic rings. The summed E-state index contributed by atoms with van der Waals surface area (Å²) < 4.78 is 2.27. The molecule has 1 nitrogen and oxygen atoms in total.